The Hall–Kier alpha value is -3.26. The van der Waals surface area contributed by atoms with Gasteiger partial charge in [0.1, 0.15) is 0 Å². The van der Waals surface area contributed by atoms with Crippen molar-refractivity contribution in [3.63, 3.8) is 0 Å². The molecular weight excluding hydrogens is 356 g/mol. The summed E-state index contributed by atoms with van der Waals surface area (Å²) in [5, 5.41) is 8.23. The zero-order valence-corrected chi connectivity index (χ0v) is 15.5. The highest BCUT2D eigenvalue weighted by Gasteiger charge is 2.29. The fraction of sp³-hybridized carbons (Fsp3) is 0.300. The van der Waals surface area contributed by atoms with Gasteiger partial charge in [0.05, 0.1) is 18.2 Å². The molecule has 1 atom stereocenters. The van der Waals surface area contributed by atoms with Crippen molar-refractivity contribution >= 4 is 0 Å². The van der Waals surface area contributed by atoms with Crippen LogP contribution < -0.4 is 0 Å². The Kier molecular flexibility index (Phi) is 4.25. The van der Waals surface area contributed by atoms with Crippen molar-refractivity contribution in [3.8, 4) is 22.9 Å². The average molecular weight is 376 g/mol. The zero-order chi connectivity index (χ0) is 18.9. The van der Waals surface area contributed by atoms with Crippen LogP contribution in [0.25, 0.3) is 22.9 Å². The highest BCUT2D eigenvalue weighted by molar-refractivity contribution is 5.53. The molecule has 1 aliphatic heterocycles. The lowest BCUT2D eigenvalue weighted by atomic mass is 10.1. The number of hydrogen-bond donors (Lipinski definition) is 0. The van der Waals surface area contributed by atoms with Crippen LogP contribution in [0.15, 0.2) is 57.7 Å². The third kappa shape index (κ3) is 3.22. The molecule has 5 rings (SSSR count). The maximum atomic E-state index is 5.54. The van der Waals surface area contributed by atoms with Crippen molar-refractivity contribution in [1.82, 2.24) is 29.7 Å². The second-order valence-corrected chi connectivity index (χ2v) is 7.06. The second kappa shape index (κ2) is 7.05. The van der Waals surface area contributed by atoms with Crippen molar-refractivity contribution < 1.29 is 9.05 Å². The fourth-order valence-electron chi connectivity index (χ4n) is 3.59. The van der Waals surface area contributed by atoms with Crippen LogP contribution in [0.2, 0.25) is 0 Å². The van der Waals surface area contributed by atoms with Crippen LogP contribution in [-0.2, 0) is 13.6 Å². The Labute approximate surface area is 161 Å². The maximum absolute atomic E-state index is 5.54. The van der Waals surface area contributed by atoms with E-state index in [0.717, 1.165) is 30.8 Å². The van der Waals surface area contributed by atoms with Crippen molar-refractivity contribution in [3.05, 3.63) is 60.4 Å². The third-order valence-electron chi connectivity index (χ3n) is 5.10. The van der Waals surface area contributed by atoms with Crippen molar-refractivity contribution in [2.24, 2.45) is 7.05 Å². The molecule has 8 nitrogen and oxygen atoms in total. The molecule has 1 unspecified atom stereocenters. The fourth-order valence-corrected chi connectivity index (χ4v) is 3.59. The first-order chi connectivity index (χ1) is 13.8. The molecule has 28 heavy (non-hydrogen) atoms. The van der Waals surface area contributed by atoms with E-state index in [-0.39, 0.29) is 5.92 Å². The van der Waals surface area contributed by atoms with Gasteiger partial charge in [-0.2, -0.15) is 9.97 Å². The van der Waals surface area contributed by atoms with Crippen LogP contribution in [-0.4, -0.2) is 42.8 Å². The van der Waals surface area contributed by atoms with Crippen LogP contribution in [0.1, 0.15) is 24.1 Å². The van der Waals surface area contributed by atoms with Gasteiger partial charge < -0.3 is 13.6 Å². The largest absolute Gasteiger partial charge is 0.348 e. The quantitative estimate of drug-likeness (QED) is 0.529. The van der Waals surface area contributed by atoms with E-state index in [2.05, 4.69) is 25.2 Å². The van der Waals surface area contributed by atoms with Gasteiger partial charge in [0.25, 0.3) is 0 Å². The minimum Gasteiger partial charge on any atom is -0.348 e. The highest BCUT2D eigenvalue weighted by Crippen LogP contribution is 2.28. The van der Waals surface area contributed by atoms with Gasteiger partial charge in [0, 0.05) is 25.4 Å². The molecule has 3 aromatic heterocycles. The van der Waals surface area contributed by atoms with Crippen molar-refractivity contribution in [2.45, 2.75) is 18.9 Å². The third-order valence-corrected chi connectivity index (χ3v) is 5.10. The van der Waals surface area contributed by atoms with E-state index >= 15 is 0 Å². The number of benzene rings is 1. The SMILES string of the molecule is Cn1cccc1-c1noc(C2CCN(Cc3nc(-c4ccccc4)no3)C2)n1. The Balaban J connectivity index is 1.24. The highest BCUT2D eigenvalue weighted by atomic mass is 16.5. The molecule has 4 aromatic rings. The lowest BCUT2D eigenvalue weighted by Gasteiger charge is -2.11. The molecule has 1 fully saturated rings. The number of aryl methyl sites for hydroxylation is 1. The molecule has 0 radical (unpaired) electrons. The average Bonchev–Trinajstić information content (AvgIpc) is 3.50. The lowest BCUT2D eigenvalue weighted by Crippen LogP contribution is -2.20. The number of aromatic nitrogens is 5. The Bertz CT molecular complexity index is 1070. The first-order valence-electron chi connectivity index (χ1n) is 9.32. The topological polar surface area (TPSA) is 86.0 Å². The predicted molar refractivity (Wildman–Crippen MR) is 101 cm³/mol. The normalized spacial score (nSPS) is 17.4. The van der Waals surface area contributed by atoms with Gasteiger partial charge in [-0.25, -0.2) is 0 Å². The van der Waals surface area contributed by atoms with Crippen molar-refractivity contribution in [1.29, 1.82) is 0 Å². The lowest BCUT2D eigenvalue weighted by molar-refractivity contribution is 0.260. The van der Waals surface area contributed by atoms with Gasteiger partial charge in [0.2, 0.25) is 23.4 Å². The molecule has 1 aliphatic rings. The number of nitrogens with zero attached hydrogens (tertiary/aromatic N) is 6. The Morgan fingerprint density at radius 1 is 1.00 bits per heavy atom. The van der Waals surface area contributed by atoms with Gasteiger partial charge in [-0.3, -0.25) is 4.90 Å². The molecule has 1 saturated heterocycles. The molecule has 0 saturated carbocycles. The smallest absolute Gasteiger partial charge is 0.241 e. The number of likely N-dealkylation sites (tertiary alicyclic amines) is 1. The molecule has 4 heterocycles. The molecule has 142 valence electrons. The van der Waals surface area contributed by atoms with Crippen LogP contribution in [0.5, 0.6) is 0 Å². The van der Waals surface area contributed by atoms with Crippen LogP contribution in [0.3, 0.4) is 0 Å². The van der Waals surface area contributed by atoms with E-state index in [1.54, 1.807) is 0 Å². The minimum absolute atomic E-state index is 0.220. The number of rotatable bonds is 5. The molecule has 1 aromatic carbocycles. The van der Waals surface area contributed by atoms with E-state index in [1.807, 2.05) is 60.3 Å². The summed E-state index contributed by atoms with van der Waals surface area (Å²) in [7, 11) is 1.97. The molecule has 0 amide bonds. The van der Waals surface area contributed by atoms with E-state index in [9.17, 15) is 0 Å². The molecule has 8 heteroatoms. The molecule has 0 aliphatic carbocycles. The van der Waals surface area contributed by atoms with Gasteiger partial charge in [0.15, 0.2) is 0 Å². The summed E-state index contributed by atoms with van der Waals surface area (Å²) in [6, 6.07) is 13.8. The molecule has 0 N–H and O–H groups in total. The summed E-state index contributed by atoms with van der Waals surface area (Å²) in [6.07, 6.45) is 2.94. The monoisotopic (exact) mass is 376 g/mol. The first-order valence-corrected chi connectivity index (χ1v) is 9.32. The predicted octanol–water partition coefficient (Wildman–Crippen LogP) is 3.11. The van der Waals surface area contributed by atoms with Crippen LogP contribution >= 0.6 is 0 Å². The van der Waals surface area contributed by atoms with Crippen LogP contribution in [0.4, 0.5) is 0 Å². The Morgan fingerprint density at radius 3 is 2.68 bits per heavy atom. The summed E-state index contributed by atoms with van der Waals surface area (Å²) in [6.45, 7) is 2.38. The number of hydrogen-bond acceptors (Lipinski definition) is 7. The summed E-state index contributed by atoms with van der Waals surface area (Å²) >= 11 is 0. The van der Waals surface area contributed by atoms with E-state index < -0.39 is 0 Å². The van der Waals surface area contributed by atoms with E-state index in [1.165, 1.54) is 0 Å². The van der Waals surface area contributed by atoms with Gasteiger partial charge >= 0.3 is 0 Å². The summed E-state index contributed by atoms with van der Waals surface area (Å²) in [5.74, 6) is 2.78. The Morgan fingerprint density at radius 2 is 1.86 bits per heavy atom. The zero-order valence-electron chi connectivity index (χ0n) is 15.5. The first kappa shape index (κ1) is 16.9. The molecule has 0 spiro atoms. The molecule has 0 bridgehead atoms. The minimum atomic E-state index is 0.220. The van der Waals surface area contributed by atoms with Crippen molar-refractivity contribution in [2.75, 3.05) is 13.1 Å². The van der Waals surface area contributed by atoms with Gasteiger partial charge in [-0.05, 0) is 25.1 Å². The summed E-state index contributed by atoms with van der Waals surface area (Å²) in [4.78, 5) is 11.4. The van der Waals surface area contributed by atoms with E-state index in [0.29, 0.717) is 30.0 Å². The second-order valence-electron chi connectivity index (χ2n) is 7.06. The molecular formula is C20H20N6O2. The summed E-state index contributed by atoms with van der Waals surface area (Å²) in [5.41, 5.74) is 1.90. The van der Waals surface area contributed by atoms with Gasteiger partial charge in [-0.1, -0.05) is 40.6 Å². The van der Waals surface area contributed by atoms with Gasteiger partial charge in [-0.15, -0.1) is 0 Å². The standard InChI is InChI=1S/C20H20N6O2/c1-25-10-5-8-16(25)19-22-20(28-24-19)15-9-11-26(12-15)13-17-21-18(23-27-17)14-6-3-2-4-7-14/h2-8,10,15H,9,11-13H2,1H3. The summed E-state index contributed by atoms with van der Waals surface area (Å²) < 4.78 is 12.9. The van der Waals surface area contributed by atoms with E-state index in [4.69, 9.17) is 9.05 Å². The maximum Gasteiger partial charge on any atom is 0.241 e. The van der Waals surface area contributed by atoms with Crippen LogP contribution in [0, 0.1) is 0 Å².